The number of aromatic hydroxyl groups is 1. The summed E-state index contributed by atoms with van der Waals surface area (Å²) in [4.78, 5) is 35.7. The average Bonchev–Trinajstić information content (AvgIpc) is 2.86. The number of benzene rings is 3. The summed E-state index contributed by atoms with van der Waals surface area (Å²) in [7, 11) is 0. The number of azo groups is 1. The van der Waals surface area contributed by atoms with Crippen LogP contribution in [0.5, 0.6) is 5.75 Å². The van der Waals surface area contributed by atoms with Crippen molar-refractivity contribution in [2.45, 2.75) is 0 Å². The molecule has 0 aromatic heterocycles. The Morgan fingerprint density at radius 1 is 0.909 bits per heavy atom. The van der Waals surface area contributed by atoms with Gasteiger partial charge in [0.2, 0.25) is 0 Å². The Bertz CT molecular complexity index is 1190. The van der Waals surface area contributed by atoms with Gasteiger partial charge in [0, 0.05) is 17.2 Å². The number of rotatable bonds is 9. The van der Waals surface area contributed by atoms with E-state index in [0.717, 1.165) is 6.08 Å². The Hall–Kier alpha value is -4.59. The van der Waals surface area contributed by atoms with Gasteiger partial charge in [0.25, 0.3) is 5.91 Å². The van der Waals surface area contributed by atoms with Gasteiger partial charge in [-0.2, -0.15) is 10.2 Å². The van der Waals surface area contributed by atoms with E-state index in [1.54, 1.807) is 60.7 Å². The molecule has 0 heterocycles. The van der Waals surface area contributed by atoms with Crippen molar-refractivity contribution in [1.29, 1.82) is 0 Å². The first-order valence-electron chi connectivity index (χ1n) is 10.00. The number of carbonyl (C=O) groups excluding carboxylic acids is 3. The molecule has 0 unspecified atom stereocenters. The zero-order valence-electron chi connectivity index (χ0n) is 17.6. The average molecular weight is 443 g/mol. The summed E-state index contributed by atoms with van der Waals surface area (Å²) in [6.07, 6.45) is 1.05. The largest absolute Gasteiger partial charge is 0.507 e. The van der Waals surface area contributed by atoms with E-state index in [2.05, 4.69) is 22.1 Å². The Morgan fingerprint density at radius 2 is 1.58 bits per heavy atom. The van der Waals surface area contributed by atoms with Gasteiger partial charge in [-0.15, -0.1) is 0 Å². The number of hydrogen-bond acceptors (Lipinski definition) is 7. The molecule has 0 aliphatic carbocycles. The van der Waals surface area contributed by atoms with Crippen LogP contribution < -0.4 is 5.32 Å². The number of esters is 1. The van der Waals surface area contributed by atoms with E-state index < -0.39 is 5.97 Å². The number of nitrogens with zero attached hydrogens (tertiary/aromatic N) is 2. The lowest BCUT2D eigenvalue weighted by Crippen LogP contribution is -2.27. The first-order chi connectivity index (χ1) is 16.0. The summed E-state index contributed by atoms with van der Waals surface area (Å²) < 4.78 is 4.79. The summed E-state index contributed by atoms with van der Waals surface area (Å²) in [5.41, 5.74) is 1.88. The number of hydrogen-bond donors (Lipinski definition) is 2. The van der Waals surface area contributed by atoms with Gasteiger partial charge in [-0.25, -0.2) is 4.79 Å². The lowest BCUT2D eigenvalue weighted by Gasteiger charge is -2.06. The molecule has 3 aromatic rings. The van der Waals surface area contributed by atoms with Crippen LogP contribution in [0.15, 0.2) is 95.7 Å². The highest BCUT2D eigenvalue weighted by atomic mass is 16.5. The molecule has 3 rings (SSSR count). The molecule has 1 amide bonds. The SMILES string of the molecule is C=CC(=O)OCCNC(=O)c1ccc(/N=N/c2ccc(O)c(C(=O)c3ccccc3)c2)cc1. The van der Waals surface area contributed by atoms with E-state index >= 15 is 0 Å². The molecule has 2 N–H and O–H groups in total. The van der Waals surface area contributed by atoms with Crippen LogP contribution in [0.1, 0.15) is 26.3 Å². The van der Waals surface area contributed by atoms with E-state index in [1.807, 2.05) is 0 Å². The maximum absolute atomic E-state index is 12.6. The number of phenolic OH excluding ortho intramolecular Hbond substituents is 1. The van der Waals surface area contributed by atoms with Crippen molar-refractivity contribution < 1.29 is 24.2 Å². The van der Waals surface area contributed by atoms with Crippen LogP contribution in [0.2, 0.25) is 0 Å². The summed E-state index contributed by atoms with van der Waals surface area (Å²) in [5, 5.41) is 21.0. The molecule has 0 aliphatic heterocycles. The standard InChI is InChI=1S/C25H21N3O5/c1-2-23(30)33-15-14-26-25(32)18-8-10-19(11-9-18)27-28-20-12-13-22(29)21(16-20)24(31)17-6-4-3-5-7-17/h2-13,16,29H,1,14-15H2,(H,26,32)/b28-27+. The minimum absolute atomic E-state index is 0.0459. The van der Waals surface area contributed by atoms with E-state index in [-0.39, 0.29) is 36.2 Å². The molecule has 8 nitrogen and oxygen atoms in total. The quantitative estimate of drug-likeness (QED) is 0.166. The highest BCUT2D eigenvalue weighted by molar-refractivity contribution is 6.11. The Morgan fingerprint density at radius 3 is 2.27 bits per heavy atom. The Kier molecular flexibility index (Phi) is 7.80. The zero-order chi connectivity index (χ0) is 23.6. The third kappa shape index (κ3) is 6.44. The van der Waals surface area contributed by atoms with Crippen molar-refractivity contribution in [2.24, 2.45) is 10.2 Å². The minimum atomic E-state index is -0.552. The van der Waals surface area contributed by atoms with E-state index in [1.165, 1.54) is 12.1 Å². The van der Waals surface area contributed by atoms with Gasteiger partial charge < -0.3 is 15.2 Å². The fraction of sp³-hybridized carbons (Fsp3) is 0.0800. The van der Waals surface area contributed by atoms with Crippen LogP contribution in [0.3, 0.4) is 0 Å². The highest BCUT2D eigenvalue weighted by Crippen LogP contribution is 2.27. The molecule has 0 spiro atoms. The van der Waals surface area contributed by atoms with Crippen molar-refractivity contribution in [2.75, 3.05) is 13.2 Å². The van der Waals surface area contributed by atoms with Gasteiger partial charge in [0.05, 0.1) is 23.5 Å². The molecule has 0 aliphatic rings. The molecule has 0 saturated heterocycles. The highest BCUT2D eigenvalue weighted by Gasteiger charge is 2.14. The number of nitrogens with one attached hydrogen (secondary N) is 1. The smallest absolute Gasteiger partial charge is 0.330 e. The first-order valence-corrected chi connectivity index (χ1v) is 10.00. The van der Waals surface area contributed by atoms with Gasteiger partial charge in [0.1, 0.15) is 12.4 Å². The third-order valence-corrected chi connectivity index (χ3v) is 4.47. The molecular weight excluding hydrogens is 422 g/mol. The predicted octanol–water partition coefficient (Wildman–Crippen LogP) is 4.50. The summed E-state index contributed by atoms with van der Waals surface area (Å²) in [6.45, 7) is 3.51. The van der Waals surface area contributed by atoms with Gasteiger partial charge in [-0.1, -0.05) is 36.9 Å². The van der Waals surface area contributed by atoms with Crippen molar-refractivity contribution in [3.63, 3.8) is 0 Å². The van der Waals surface area contributed by atoms with E-state index in [0.29, 0.717) is 22.5 Å². The lowest BCUT2D eigenvalue weighted by atomic mass is 10.0. The van der Waals surface area contributed by atoms with Crippen LogP contribution >= 0.6 is 0 Å². The second-order valence-electron chi connectivity index (χ2n) is 6.77. The van der Waals surface area contributed by atoms with Crippen LogP contribution in [0.25, 0.3) is 0 Å². The molecule has 3 aromatic carbocycles. The number of amides is 1. The molecule has 8 heteroatoms. The molecule has 0 bridgehead atoms. The number of phenols is 1. The Balaban J connectivity index is 1.63. The molecular formula is C25H21N3O5. The van der Waals surface area contributed by atoms with Crippen molar-refractivity contribution in [3.05, 3.63) is 102 Å². The second-order valence-corrected chi connectivity index (χ2v) is 6.77. The molecule has 0 saturated carbocycles. The molecule has 0 radical (unpaired) electrons. The van der Waals surface area contributed by atoms with Crippen molar-refractivity contribution >= 4 is 29.0 Å². The van der Waals surface area contributed by atoms with Gasteiger partial charge >= 0.3 is 5.97 Å². The number of carbonyl (C=O) groups is 3. The van der Waals surface area contributed by atoms with Crippen molar-refractivity contribution in [3.8, 4) is 5.75 Å². The summed E-state index contributed by atoms with van der Waals surface area (Å²) >= 11 is 0. The number of ether oxygens (including phenoxy) is 1. The normalized spacial score (nSPS) is 10.5. The number of ketones is 1. The van der Waals surface area contributed by atoms with E-state index in [9.17, 15) is 19.5 Å². The first kappa shape index (κ1) is 23.1. The maximum Gasteiger partial charge on any atom is 0.330 e. The minimum Gasteiger partial charge on any atom is -0.507 e. The van der Waals surface area contributed by atoms with Crippen LogP contribution in [0.4, 0.5) is 11.4 Å². The second kappa shape index (κ2) is 11.1. The molecule has 166 valence electrons. The monoisotopic (exact) mass is 443 g/mol. The fourth-order valence-electron chi connectivity index (χ4n) is 2.79. The van der Waals surface area contributed by atoms with Crippen LogP contribution in [-0.2, 0) is 9.53 Å². The van der Waals surface area contributed by atoms with Gasteiger partial charge in [-0.05, 0) is 42.5 Å². The van der Waals surface area contributed by atoms with Crippen LogP contribution in [-0.4, -0.2) is 35.9 Å². The zero-order valence-corrected chi connectivity index (χ0v) is 17.6. The third-order valence-electron chi connectivity index (χ3n) is 4.47. The Labute approximate surface area is 190 Å². The maximum atomic E-state index is 12.6. The topological polar surface area (TPSA) is 117 Å². The van der Waals surface area contributed by atoms with Crippen molar-refractivity contribution in [1.82, 2.24) is 5.32 Å². The van der Waals surface area contributed by atoms with Gasteiger partial charge in [0.15, 0.2) is 5.78 Å². The lowest BCUT2D eigenvalue weighted by molar-refractivity contribution is -0.137. The fourth-order valence-corrected chi connectivity index (χ4v) is 2.79. The van der Waals surface area contributed by atoms with E-state index in [4.69, 9.17) is 4.74 Å². The summed E-state index contributed by atoms with van der Waals surface area (Å²) in [5.74, 6) is -1.34. The van der Waals surface area contributed by atoms with Gasteiger partial charge in [-0.3, -0.25) is 9.59 Å². The summed E-state index contributed by atoms with van der Waals surface area (Å²) in [6, 6.07) is 19.4. The van der Waals surface area contributed by atoms with Crippen LogP contribution in [0, 0.1) is 0 Å². The predicted molar refractivity (Wildman–Crippen MR) is 122 cm³/mol. The molecule has 0 atom stereocenters. The molecule has 0 fully saturated rings. The molecule has 33 heavy (non-hydrogen) atoms.